The topological polar surface area (TPSA) is 126 Å². The van der Waals surface area contributed by atoms with Crippen LogP contribution in [0.25, 0.3) is 11.3 Å². The molecule has 11 heteroatoms. The summed E-state index contributed by atoms with van der Waals surface area (Å²) in [4.78, 5) is 11.2. The Bertz CT molecular complexity index is 991. The van der Waals surface area contributed by atoms with Crippen molar-refractivity contribution < 1.29 is 9.11 Å². The number of aromatic nitrogens is 4. The minimum Gasteiger partial charge on any atom is -0.355 e. The minimum absolute atomic E-state index is 0.232. The zero-order valence-electron chi connectivity index (χ0n) is 16.9. The molecule has 0 atom stereocenters. The summed E-state index contributed by atoms with van der Waals surface area (Å²) < 4.78 is 27.7. The van der Waals surface area contributed by atoms with Gasteiger partial charge >= 0.3 is 0 Å². The monoisotopic (exact) mass is 430 g/mol. The summed E-state index contributed by atoms with van der Waals surface area (Å²) >= 11 is 0. The van der Waals surface area contributed by atoms with Gasteiger partial charge < -0.3 is 4.90 Å². The van der Waals surface area contributed by atoms with E-state index in [4.69, 9.17) is 4.98 Å². The van der Waals surface area contributed by atoms with Crippen LogP contribution >= 0.6 is 11.0 Å². The molecule has 0 radical (unpaired) electrons. The van der Waals surface area contributed by atoms with Crippen LogP contribution in [-0.2, 0) is 7.05 Å². The molecule has 4 heterocycles. The molecule has 2 aliphatic heterocycles. The second-order valence-corrected chi connectivity index (χ2v) is 10.3. The van der Waals surface area contributed by atoms with Crippen LogP contribution in [0.5, 0.6) is 0 Å². The lowest BCUT2D eigenvalue weighted by Crippen LogP contribution is -2.54. The number of aryl methyl sites for hydroxylation is 1. The Balaban J connectivity index is 1.36. The van der Waals surface area contributed by atoms with E-state index in [1.54, 1.807) is 17.1 Å². The second-order valence-electron chi connectivity index (χ2n) is 8.50. The van der Waals surface area contributed by atoms with Crippen LogP contribution in [0.15, 0.2) is 18.6 Å². The molecule has 160 valence electrons. The van der Waals surface area contributed by atoms with E-state index < -0.39 is 11.0 Å². The molecule has 0 unspecified atom stereocenters. The molecular formula is C19H26N8O2S. The summed E-state index contributed by atoms with van der Waals surface area (Å²) in [7, 11) is -1.07. The van der Waals surface area contributed by atoms with Crippen LogP contribution in [0.3, 0.4) is 0 Å². The Hall–Kier alpha value is -2.23. The van der Waals surface area contributed by atoms with Crippen LogP contribution in [0.1, 0.15) is 31.4 Å². The fraction of sp³-hybridized carbons (Fsp3) is 0.579. The molecule has 3 aliphatic rings. The number of nitriles is 1. The number of piperidine rings is 1. The third-order valence-electron chi connectivity index (χ3n) is 6.41. The highest BCUT2D eigenvalue weighted by Crippen LogP contribution is 2.54. The standard InChI is InChI=1S/C19H26N8O2S/c1-25-12-15(9-22-25)18-16(8-20)21-10-17(24-18)26-6-4-19(5-7-26)13-23-30(28,29)27(19)11-14-2-3-14/h9-10,12,14,23,28-29H,2-7,11,13H2,1H3. The van der Waals surface area contributed by atoms with Gasteiger partial charge in [-0.15, -0.1) is 0 Å². The van der Waals surface area contributed by atoms with E-state index in [9.17, 15) is 14.4 Å². The third kappa shape index (κ3) is 3.44. The third-order valence-corrected chi connectivity index (χ3v) is 8.10. The van der Waals surface area contributed by atoms with E-state index in [0.717, 1.165) is 43.9 Å². The number of hydrogen-bond acceptors (Lipinski definition) is 9. The van der Waals surface area contributed by atoms with Gasteiger partial charge in [0.25, 0.3) is 0 Å². The normalized spacial score (nSPS) is 24.1. The molecule has 0 amide bonds. The molecule has 0 bridgehead atoms. The molecular weight excluding hydrogens is 404 g/mol. The summed E-state index contributed by atoms with van der Waals surface area (Å²) in [6.45, 7) is 2.82. The van der Waals surface area contributed by atoms with Gasteiger partial charge in [-0.25, -0.2) is 14.7 Å². The van der Waals surface area contributed by atoms with Gasteiger partial charge in [0.2, 0.25) is 0 Å². The lowest BCUT2D eigenvalue weighted by molar-refractivity contribution is 0.158. The van der Waals surface area contributed by atoms with Crippen molar-refractivity contribution in [3.8, 4) is 17.3 Å². The first-order chi connectivity index (χ1) is 14.4. The van der Waals surface area contributed by atoms with Crippen molar-refractivity contribution >= 4 is 16.8 Å². The van der Waals surface area contributed by atoms with E-state index in [0.29, 0.717) is 18.2 Å². The lowest BCUT2D eigenvalue weighted by Gasteiger charge is -2.48. The van der Waals surface area contributed by atoms with Crippen molar-refractivity contribution in [3.05, 3.63) is 24.3 Å². The van der Waals surface area contributed by atoms with Crippen LogP contribution in [0, 0.1) is 17.2 Å². The van der Waals surface area contributed by atoms with Crippen LogP contribution in [-0.4, -0.2) is 64.9 Å². The molecule has 2 aromatic rings. The Morgan fingerprint density at radius 3 is 2.70 bits per heavy atom. The second kappa shape index (κ2) is 7.18. The molecule has 30 heavy (non-hydrogen) atoms. The molecule has 1 spiro atoms. The number of hydrogen-bond donors (Lipinski definition) is 3. The van der Waals surface area contributed by atoms with Gasteiger partial charge in [0.15, 0.2) is 5.69 Å². The van der Waals surface area contributed by atoms with Gasteiger partial charge in [0.05, 0.1) is 17.9 Å². The summed E-state index contributed by atoms with van der Waals surface area (Å²) in [5, 5.41) is 13.6. The first-order valence-corrected chi connectivity index (χ1v) is 11.7. The van der Waals surface area contributed by atoms with E-state index >= 15 is 0 Å². The van der Waals surface area contributed by atoms with Gasteiger partial charge in [-0.05, 0) is 31.6 Å². The largest absolute Gasteiger partial charge is 0.355 e. The molecule has 5 rings (SSSR count). The van der Waals surface area contributed by atoms with E-state index in [-0.39, 0.29) is 11.2 Å². The highest BCUT2D eigenvalue weighted by Gasteiger charge is 2.52. The highest BCUT2D eigenvalue weighted by atomic mass is 32.3. The SMILES string of the molecule is Cn1cc(-c2nc(N3CCC4(CC3)CNS(O)(O)N4CC3CC3)cnc2C#N)cn1. The Morgan fingerprint density at radius 2 is 2.07 bits per heavy atom. The van der Waals surface area contributed by atoms with Crippen molar-refractivity contribution in [1.29, 1.82) is 5.26 Å². The molecule has 1 aliphatic carbocycles. The average Bonchev–Trinajstić information content (AvgIpc) is 3.42. The zero-order valence-corrected chi connectivity index (χ0v) is 17.7. The Labute approximate surface area is 177 Å². The molecule has 2 saturated heterocycles. The smallest absolute Gasteiger partial charge is 0.167 e. The van der Waals surface area contributed by atoms with Crippen LogP contribution < -0.4 is 9.62 Å². The van der Waals surface area contributed by atoms with E-state index in [1.165, 1.54) is 12.8 Å². The summed E-state index contributed by atoms with van der Waals surface area (Å²) in [6.07, 6.45) is 9.13. The first-order valence-electron chi connectivity index (χ1n) is 10.2. The molecule has 3 fully saturated rings. The number of rotatable bonds is 4. The van der Waals surface area contributed by atoms with Crippen molar-refractivity contribution in [1.82, 2.24) is 28.8 Å². The molecule has 2 aromatic heterocycles. The summed E-state index contributed by atoms with van der Waals surface area (Å²) in [5.41, 5.74) is 1.35. The van der Waals surface area contributed by atoms with E-state index in [1.807, 2.05) is 17.5 Å². The van der Waals surface area contributed by atoms with Crippen molar-refractivity contribution in [2.24, 2.45) is 13.0 Å². The van der Waals surface area contributed by atoms with E-state index in [2.05, 4.69) is 25.8 Å². The maximum atomic E-state index is 10.5. The fourth-order valence-electron chi connectivity index (χ4n) is 4.44. The Morgan fingerprint density at radius 1 is 1.30 bits per heavy atom. The predicted octanol–water partition coefficient (Wildman–Crippen LogP) is 1.98. The van der Waals surface area contributed by atoms with Crippen molar-refractivity contribution in [3.63, 3.8) is 0 Å². The van der Waals surface area contributed by atoms with Gasteiger partial charge in [-0.1, -0.05) is 11.0 Å². The maximum absolute atomic E-state index is 10.5. The van der Waals surface area contributed by atoms with Gasteiger partial charge in [0, 0.05) is 45.0 Å². The predicted molar refractivity (Wildman–Crippen MR) is 113 cm³/mol. The van der Waals surface area contributed by atoms with Gasteiger partial charge in [-0.2, -0.15) is 14.7 Å². The summed E-state index contributed by atoms with van der Waals surface area (Å²) in [6, 6.07) is 2.12. The summed E-state index contributed by atoms with van der Waals surface area (Å²) in [5.74, 6) is 1.31. The number of nitrogens with zero attached hydrogens (tertiary/aromatic N) is 7. The Kier molecular flexibility index (Phi) is 4.72. The lowest BCUT2D eigenvalue weighted by atomic mass is 9.87. The average molecular weight is 431 g/mol. The highest BCUT2D eigenvalue weighted by molar-refractivity contribution is 8.20. The number of nitrogens with one attached hydrogen (secondary N) is 1. The molecule has 0 aromatic carbocycles. The van der Waals surface area contributed by atoms with Gasteiger partial charge in [-0.3, -0.25) is 13.8 Å². The van der Waals surface area contributed by atoms with Crippen LogP contribution in [0.4, 0.5) is 5.82 Å². The van der Waals surface area contributed by atoms with Crippen molar-refractivity contribution in [2.45, 2.75) is 31.2 Å². The van der Waals surface area contributed by atoms with Crippen LogP contribution in [0.2, 0.25) is 0 Å². The van der Waals surface area contributed by atoms with Gasteiger partial charge in [0.1, 0.15) is 17.6 Å². The zero-order chi connectivity index (χ0) is 20.9. The molecule has 3 N–H and O–H groups in total. The number of anilines is 1. The maximum Gasteiger partial charge on any atom is 0.167 e. The molecule has 1 saturated carbocycles. The quantitative estimate of drug-likeness (QED) is 0.667. The fourth-order valence-corrected chi connectivity index (χ4v) is 6.26. The van der Waals surface area contributed by atoms with Crippen molar-refractivity contribution in [2.75, 3.05) is 31.1 Å². The first kappa shape index (κ1) is 19.7. The minimum atomic E-state index is -2.89. The molecule has 10 nitrogen and oxygen atoms in total.